The van der Waals surface area contributed by atoms with Crippen molar-refractivity contribution in [3.8, 4) is 0 Å². The van der Waals surface area contributed by atoms with E-state index in [1.54, 1.807) is 6.08 Å². The summed E-state index contributed by atoms with van der Waals surface area (Å²) in [7, 11) is 0. The van der Waals surface area contributed by atoms with Crippen LogP contribution in [0.5, 0.6) is 0 Å². The van der Waals surface area contributed by atoms with Crippen LogP contribution in [-0.2, 0) is 0 Å². The Bertz CT molecular complexity index is 407. The average molecular weight is 236 g/mol. The summed E-state index contributed by atoms with van der Waals surface area (Å²) < 4.78 is 26.9. The molecule has 2 rings (SSSR count). The average Bonchev–Trinajstić information content (AvgIpc) is 2.31. The van der Waals surface area contributed by atoms with Gasteiger partial charge in [-0.3, -0.25) is 0 Å². The number of fused-ring (bicyclic) bond motifs is 1. The third-order valence-corrected chi connectivity index (χ3v) is 3.41. The molecule has 1 aliphatic carbocycles. The summed E-state index contributed by atoms with van der Waals surface area (Å²) in [5.41, 5.74) is 2.17. The Morgan fingerprint density at radius 2 is 2.06 bits per heavy atom. The lowest BCUT2D eigenvalue weighted by Crippen LogP contribution is -2.16. The molecule has 0 saturated heterocycles. The molecule has 1 unspecified atom stereocenters. The standard InChI is InChI=1S/C15H18F2/c1-2-5-12-8-10-15(16,17)11-9-13-6-3-4-7-14(12)13/h3-4,6-7,9,11-12H,2,5,8,10H2,1H3/b11-9-. The van der Waals surface area contributed by atoms with E-state index in [1.807, 2.05) is 18.2 Å². The van der Waals surface area contributed by atoms with E-state index in [4.69, 9.17) is 0 Å². The molecule has 0 spiro atoms. The number of hydrogen-bond donors (Lipinski definition) is 0. The minimum Gasteiger partial charge on any atom is -0.202 e. The number of benzene rings is 1. The summed E-state index contributed by atoms with van der Waals surface area (Å²) in [6.07, 6.45) is 5.19. The second kappa shape index (κ2) is 4.99. The maximum absolute atomic E-state index is 13.5. The number of halogens is 2. The van der Waals surface area contributed by atoms with Crippen LogP contribution in [0.25, 0.3) is 6.08 Å². The molecule has 0 saturated carbocycles. The molecule has 0 heterocycles. The Kier molecular flexibility index (Phi) is 3.60. The normalized spacial score (nSPS) is 24.5. The van der Waals surface area contributed by atoms with E-state index in [1.165, 1.54) is 5.56 Å². The second-order valence-electron chi connectivity index (χ2n) is 4.75. The highest BCUT2D eigenvalue weighted by Gasteiger charge is 2.28. The molecule has 2 heteroatoms. The highest BCUT2D eigenvalue weighted by molar-refractivity contribution is 5.56. The molecule has 92 valence electrons. The quantitative estimate of drug-likeness (QED) is 0.677. The predicted molar refractivity (Wildman–Crippen MR) is 67.3 cm³/mol. The van der Waals surface area contributed by atoms with Crippen LogP contribution in [0.1, 0.15) is 49.7 Å². The summed E-state index contributed by atoms with van der Waals surface area (Å²) >= 11 is 0. The van der Waals surface area contributed by atoms with E-state index in [0.29, 0.717) is 6.42 Å². The smallest absolute Gasteiger partial charge is 0.202 e. The Balaban J connectivity index is 2.39. The van der Waals surface area contributed by atoms with Crippen molar-refractivity contribution in [2.24, 2.45) is 0 Å². The summed E-state index contributed by atoms with van der Waals surface area (Å²) in [5, 5.41) is 0. The molecule has 0 bridgehead atoms. The zero-order valence-corrected chi connectivity index (χ0v) is 10.1. The number of hydrogen-bond acceptors (Lipinski definition) is 0. The first kappa shape index (κ1) is 12.3. The van der Waals surface area contributed by atoms with Gasteiger partial charge >= 0.3 is 0 Å². The molecular weight excluding hydrogens is 218 g/mol. The maximum Gasteiger partial charge on any atom is 0.266 e. The van der Waals surface area contributed by atoms with Gasteiger partial charge in [-0.1, -0.05) is 43.7 Å². The van der Waals surface area contributed by atoms with E-state index in [9.17, 15) is 8.78 Å². The van der Waals surface area contributed by atoms with Gasteiger partial charge in [0.25, 0.3) is 5.92 Å². The molecule has 0 aromatic heterocycles. The van der Waals surface area contributed by atoms with Crippen molar-refractivity contribution >= 4 is 6.08 Å². The molecule has 1 aliphatic rings. The van der Waals surface area contributed by atoms with E-state index in [2.05, 4.69) is 13.0 Å². The van der Waals surface area contributed by atoms with Crippen LogP contribution in [0.4, 0.5) is 8.78 Å². The van der Waals surface area contributed by atoms with Gasteiger partial charge in [0.1, 0.15) is 0 Å². The molecule has 0 N–H and O–H groups in total. The largest absolute Gasteiger partial charge is 0.266 e. The van der Waals surface area contributed by atoms with Crippen LogP contribution in [-0.4, -0.2) is 5.92 Å². The summed E-state index contributed by atoms with van der Waals surface area (Å²) in [6, 6.07) is 7.90. The van der Waals surface area contributed by atoms with Gasteiger partial charge in [0.05, 0.1) is 0 Å². The van der Waals surface area contributed by atoms with E-state index in [0.717, 1.165) is 24.5 Å². The molecule has 1 atom stereocenters. The third-order valence-electron chi connectivity index (χ3n) is 3.41. The van der Waals surface area contributed by atoms with Crippen molar-refractivity contribution in [2.45, 2.75) is 44.4 Å². The zero-order chi connectivity index (χ0) is 12.3. The lowest BCUT2D eigenvalue weighted by Gasteiger charge is -2.23. The van der Waals surface area contributed by atoms with Gasteiger partial charge in [0.2, 0.25) is 0 Å². The Morgan fingerprint density at radius 3 is 2.82 bits per heavy atom. The Hall–Kier alpha value is -1.18. The van der Waals surface area contributed by atoms with Crippen molar-refractivity contribution in [3.05, 3.63) is 41.5 Å². The van der Waals surface area contributed by atoms with Crippen LogP contribution in [0.15, 0.2) is 30.3 Å². The fourth-order valence-electron chi connectivity index (χ4n) is 2.50. The maximum atomic E-state index is 13.5. The van der Waals surface area contributed by atoms with Gasteiger partial charge in [-0.05, 0) is 36.0 Å². The summed E-state index contributed by atoms with van der Waals surface area (Å²) in [6.45, 7) is 2.11. The van der Waals surface area contributed by atoms with E-state index in [-0.39, 0.29) is 12.3 Å². The van der Waals surface area contributed by atoms with Crippen molar-refractivity contribution in [3.63, 3.8) is 0 Å². The summed E-state index contributed by atoms with van der Waals surface area (Å²) in [4.78, 5) is 0. The molecule has 0 radical (unpaired) electrons. The van der Waals surface area contributed by atoms with Gasteiger partial charge in [0, 0.05) is 6.42 Å². The minimum atomic E-state index is -2.65. The first-order valence-electron chi connectivity index (χ1n) is 6.28. The van der Waals surface area contributed by atoms with Crippen LogP contribution < -0.4 is 0 Å². The Morgan fingerprint density at radius 1 is 1.29 bits per heavy atom. The van der Waals surface area contributed by atoms with E-state index >= 15 is 0 Å². The molecule has 0 nitrogen and oxygen atoms in total. The molecule has 0 fully saturated rings. The van der Waals surface area contributed by atoms with Crippen molar-refractivity contribution in [1.82, 2.24) is 0 Å². The minimum absolute atomic E-state index is 0.0392. The topological polar surface area (TPSA) is 0 Å². The molecular formula is C15H18F2. The molecule has 17 heavy (non-hydrogen) atoms. The summed E-state index contributed by atoms with van der Waals surface area (Å²) in [5.74, 6) is -2.38. The lowest BCUT2D eigenvalue weighted by atomic mass is 9.84. The van der Waals surface area contributed by atoms with Crippen LogP contribution in [0, 0.1) is 0 Å². The van der Waals surface area contributed by atoms with Crippen molar-refractivity contribution in [1.29, 1.82) is 0 Å². The zero-order valence-electron chi connectivity index (χ0n) is 10.1. The monoisotopic (exact) mass is 236 g/mol. The van der Waals surface area contributed by atoms with Crippen molar-refractivity contribution < 1.29 is 8.78 Å². The predicted octanol–water partition coefficient (Wildman–Crippen LogP) is 5.01. The number of alkyl halides is 2. The molecule has 1 aromatic carbocycles. The van der Waals surface area contributed by atoms with Crippen LogP contribution >= 0.6 is 0 Å². The highest BCUT2D eigenvalue weighted by atomic mass is 19.3. The fraction of sp³-hybridized carbons (Fsp3) is 0.467. The Labute approximate surface area is 101 Å². The van der Waals surface area contributed by atoms with Crippen molar-refractivity contribution in [2.75, 3.05) is 0 Å². The molecule has 1 aromatic rings. The first-order chi connectivity index (χ1) is 8.12. The lowest BCUT2D eigenvalue weighted by molar-refractivity contribution is 0.0414. The molecule has 0 amide bonds. The van der Waals surface area contributed by atoms with Gasteiger partial charge in [-0.25, -0.2) is 8.78 Å². The molecule has 0 aliphatic heterocycles. The van der Waals surface area contributed by atoms with Crippen LogP contribution in [0.3, 0.4) is 0 Å². The van der Waals surface area contributed by atoms with Gasteiger partial charge in [-0.2, -0.15) is 0 Å². The van der Waals surface area contributed by atoms with Gasteiger partial charge in [0.15, 0.2) is 0 Å². The fourth-order valence-corrected chi connectivity index (χ4v) is 2.50. The SMILES string of the molecule is CCCC1CCC(F)(F)/C=C\c2ccccc21. The number of allylic oxidation sites excluding steroid dienone is 1. The number of rotatable bonds is 2. The van der Waals surface area contributed by atoms with E-state index < -0.39 is 5.92 Å². The second-order valence-corrected chi connectivity index (χ2v) is 4.75. The van der Waals surface area contributed by atoms with Crippen LogP contribution in [0.2, 0.25) is 0 Å². The first-order valence-corrected chi connectivity index (χ1v) is 6.28. The highest BCUT2D eigenvalue weighted by Crippen LogP contribution is 2.36. The third kappa shape index (κ3) is 2.93. The van der Waals surface area contributed by atoms with Gasteiger partial charge in [-0.15, -0.1) is 0 Å². The van der Waals surface area contributed by atoms with Gasteiger partial charge < -0.3 is 0 Å².